The van der Waals surface area contributed by atoms with Crippen LogP contribution in [0.15, 0.2) is 36.4 Å². The highest BCUT2D eigenvalue weighted by Crippen LogP contribution is 2.32. The van der Waals surface area contributed by atoms with Gasteiger partial charge >= 0.3 is 0 Å². The van der Waals surface area contributed by atoms with E-state index in [2.05, 4.69) is 38.0 Å². The van der Waals surface area contributed by atoms with Crippen LogP contribution in [0.2, 0.25) is 0 Å². The van der Waals surface area contributed by atoms with Crippen LogP contribution in [0.4, 0.5) is 5.69 Å². The van der Waals surface area contributed by atoms with Crippen LogP contribution in [0.1, 0.15) is 39.2 Å². The van der Waals surface area contributed by atoms with Crippen molar-refractivity contribution in [3.63, 3.8) is 0 Å². The summed E-state index contributed by atoms with van der Waals surface area (Å²) in [4.78, 5) is 11.7. The summed E-state index contributed by atoms with van der Waals surface area (Å²) in [6.07, 6.45) is 0. The van der Waals surface area contributed by atoms with Gasteiger partial charge in [-0.2, -0.15) is 0 Å². The van der Waals surface area contributed by atoms with Crippen LogP contribution in [-0.2, 0) is 4.79 Å². The monoisotopic (exact) mass is 244 g/mol. The van der Waals surface area contributed by atoms with E-state index in [1.54, 1.807) is 0 Å². The molecule has 0 atom stereocenters. The van der Waals surface area contributed by atoms with Crippen LogP contribution in [-0.4, -0.2) is 11.4 Å². The molecule has 3 heteroatoms. The number of hydrogen-bond acceptors (Lipinski definition) is 2. The maximum absolute atomic E-state index is 11.7. The predicted molar refractivity (Wildman–Crippen MR) is 74.4 cm³/mol. The molecule has 0 radical (unpaired) electrons. The van der Waals surface area contributed by atoms with Gasteiger partial charge in [0.05, 0.1) is 11.2 Å². The van der Waals surface area contributed by atoms with Crippen LogP contribution >= 0.6 is 0 Å². The van der Waals surface area contributed by atoms with Crippen LogP contribution in [0.3, 0.4) is 0 Å². The maximum Gasteiger partial charge on any atom is 0.267 e. The molecule has 0 spiro atoms. The fourth-order valence-electron chi connectivity index (χ4n) is 2.12. The largest absolute Gasteiger partial charge is 0.275 e. The molecule has 1 N–H and O–H groups in total. The molecule has 0 aromatic heterocycles. The second-order valence-corrected chi connectivity index (χ2v) is 5.56. The fraction of sp³-hybridized carbons (Fsp3) is 0.400. The Morgan fingerprint density at radius 1 is 1.22 bits per heavy atom. The third-order valence-electron chi connectivity index (χ3n) is 3.60. The first-order valence-corrected chi connectivity index (χ1v) is 6.24. The number of nitrogens with zero attached hydrogens (tertiary/aromatic N) is 1. The third-order valence-corrected chi connectivity index (χ3v) is 3.60. The molecule has 1 saturated heterocycles. The lowest BCUT2D eigenvalue weighted by Gasteiger charge is -2.32. The molecule has 1 heterocycles. The predicted octanol–water partition coefficient (Wildman–Crippen LogP) is 3.00. The Morgan fingerprint density at radius 2 is 1.78 bits per heavy atom. The summed E-state index contributed by atoms with van der Waals surface area (Å²) in [5.74, 6) is 0.406. The van der Waals surface area contributed by atoms with E-state index >= 15 is 0 Å². The molecule has 96 valence electrons. The van der Waals surface area contributed by atoms with E-state index < -0.39 is 5.54 Å². The highest BCUT2D eigenvalue weighted by Gasteiger charge is 2.41. The molecule has 1 aliphatic heterocycles. The zero-order valence-electron chi connectivity index (χ0n) is 11.4. The van der Waals surface area contributed by atoms with E-state index in [1.165, 1.54) is 5.56 Å². The highest BCUT2D eigenvalue weighted by atomic mass is 16.2. The smallest absolute Gasteiger partial charge is 0.267 e. The van der Waals surface area contributed by atoms with Crippen molar-refractivity contribution in [1.29, 1.82) is 0 Å². The Bertz CT molecular complexity index is 486. The molecule has 0 unspecified atom stereocenters. The van der Waals surface area contributed by atoms with Gasteiger partial charge in [-0.05, 0) is 37.5 Å². The Morgan fingerprint density at radius 3 is 2.17 bits per heavy atom. The van der Waals surface area contributed by atoms with Crippen molar-refractivity contribution >= 4 is 11.6 Å². The van der Waals surface area contributed by atoms with Gasteiger partial charge in [0.15, 0.2) is 0 Å². The van der Waals surface area contributed by atoms with Crippen molar-refractivity contribution in [2.24, 2.45) is 0 Å². The molecule has 1 aliphatic rings. The van der Waals surface area contributed by atoms with E-state index in [0.29, 0.717) is 11.5 Å². The Kier molecular flexibility index (Phi) is 2.93. The second-order valence-electron chi connectivity index (χ2n) is 5.56. The Balaban J connectivity index is 2.32. The number of rotatable bonds is 2. The Labute approximate surface area is 108 Å². The first-order chi connectivity index (χ1) is 8.34. The minimum Gasteiger partial charge on any atom is -0.275 e. The Hall–Kier alpha value is -1.77. The molecule has 1 amide bonds. The average molecular weight is 244 g/mol. The van der Waals surface area contributed by atoms with Crippen LogP contribution < -0.4 is 10.4 Å². The third kappa shape index (κ3) is 1.90. The van der Waals surface area contributed by atoms with Crippen molar-refractivity contribution in [2.45, 2.75) is 39.2 Å². The molecular weight excluding hydrogens is 224 g/mol. The first-order valence-electron chi connectivity index (χ1n) is 6.24. The number of carbonyl (C=O) groups is 1. The van der Waals surface area contributed by atoms with Crippen molar-refractivity contribution < 1.29 is 4.79 Å². The van der Waals surface area contributed by atoms with E-state index in [4.69, 9.17) is 0 Å². The number of hydrazine groups is 1. The molecule has 3 nitrogen and oxygen atoms in total. The molecule has 0 bridgehead atoms. The number of benzene rings is 1. The normalized spacial score (nSPS) is 18.4. The van der Waals surface area contributed by atoms with Gasteiger partial charge in [0.2, 0.25) is 0 Å². The van der Waals surface area contributed by atoms with Gasteiger partial charge < -0.3 is 0 Å². The van der Waals surface area contributed by atoms with Gasteiger partial charge in [0.1, 0.15) is 0 Å². The number of nitrogens with one attached hydrogen (secondary N) is 1. The lowest BCUT2D eigenvalue weighted by molar-refractivity contribution is -0.116. The summed E-state index contributed by atoms with van der Waals surface area (Å²) < 4.78 is 0. The van der Waals surface area contributed by atoms with E-state index in [9.17, 15) is 4.79 Å². The zero-order valence-corrected chi connectivity index (χ0v) is 11.4. The SMILES string of the molecule is C=C1C(=O)NN(c2ccc(C(C)C)cc2)C1(C)C. The fourth-order valence-corrected chi connectivity index (χ4v) is 2.12. The van der Waals surface area contributed by atoms with E-state index in [-0.39, 0.29) is 5.91 Å². The van der Waals surface area contributed by atoms with Gasteiger partial charge in [-0.3, -0.25) is 15.2 Å². The quantitative estimate of drug-likeness (QED) is 0.811. The minimum absolute atomic E-state index is 0.104. The summed E-state index contributed by atoms with van der Waals surface area (Å²) >= 11 is 0. The summed E-state index contributed by atoms with van der Waals surface area (Å²) in [6.45, 7) is 12.2. The minimum atomic E-state index is -0.392. The summed E-state index contributed by atoms with van der Waals surface area (Å²) in [7, 11) is 0. The summed E-state index contributed by atoms with van der Waals surface area (Å²) in [5, 5.41) is 1.88. The molecule has 2 rings (SSSR count). The highest BCUT2D eigenvalue weighted by molar-refractivity contribution is 6.00. The summed E-state index contributed by atoms with van der Waals surface area (Å²) in [5.41, 5.74) is 5.33. The topological polar surface area (TPSA) is 32.3 Å². The first kappa shape index (κ1) is 12.7. The van der Waals surface area contributed by atoms with Gasteiger partial charge in [0, 0.05) is 5.57 Å². The molecule has 0 saturated carbocycles. The number of hydrogen-bond donors (Lipinski definition) is 1. The lowest BCUT2D eigenvalue weighted by atomic mass is 9.95. The number of amides is 1. The van der Waals surface area contributed by atoms with Gasteiger partial charge in [0.25, 0.3) is 5.91 Å². The van der Waals surface area contributed by atoms with Gasteiger partial charge in [-0.25, -0.2) is 0 Å². The van der Waals surface area contributed by atoms with Crippen molar-refractivity contribution in [3.05, 3.63) is 42.0 Å². The van der Waals surface area contributed by atoms with Crippen LogP contribution in [0.5, 0.6) is 0 Å². The van der Waals surface area contributed by atoms with Gasteiger partial charge in [-0.15, -0.1) is 0 Å². The molecular formula is C15H20N2O. The van der Waals surface area contributed by atoms with Crippen molar-refractivity contribution in [3.8, 4) is 0 Å². The second kappa shape index (κ2) is 4.16. The van der Waals surface area contributed by atoms with Crippen molar-refractivity contribution in [2.75, 3.05) is 5.01 Å². The molecule has 0 aliphatic carbocycles. The molecule has 1 aromatic carbocycles. The van der Waals surface area contributed by atoms with Crippen molar-refractivity contribution in [1.82, 2.24) is 5.43 Å². The maximum atomic E-state index is 11.7. The van der Waals surface area contributed by atoms with E-state index in [1.807, 2.05) is 31.0 Å². The van der Waals surface area contributed by atoms with Gasteiger partial charge in [-0.1, -0.05) is 32.6 Å². The standard InChI is InChI=1S/C15H20N2O/c1-10(2)12-6-8-13(9-7-12)17-15(4,5)11(3)14(18)16-17/h6-10H,3H2,1-2,4-5H3,(H,16,18). The molecule has 18 heavy (non-hydrogen) atoms. The molecule has 1 fully saturated rings. The van der Waals surface area contributed by atoms with Crippen LogP contribution in [0.25, 0.3) is 0 Å². The number of carbonyl (C=O) groups excluding carboxylic acids is 1. The average Bonchev–Trinajstić information content (AvgIpc) is 2.53. The molecule has 1 aromatic rings. The number of anilines is 1. The zero-order chi connectivity index (χ0) is 13.5. The van der Waals surface area contributed by atoms with Crippen LogP contribution in [0, 0.1) is 0 Å². The lowest BCUT2D eigenvalue weighted by Crippen LogP contribution is -2.44. The summed E-state index contributed by atoms with van der Waals surface area (Å²) in [6, 6.07) is 8.28. The van der Waals surface area contributed by atoms with E-state index in [0.717, 1.165) is 5.69 Å².